The average molecular weight is 659 g/mol. The molecule has 0 bridgehead atoms. The average Bonchev–Trinajstić information content (AvgIpc) is 3.30. The lowest BCUT2D eigenvalue weighted by Crippen LogP contribution is -2.63. The maximum atomic E-state index is 13.3. The van der Waals surface area contributed by atoms with Crippen molar-refractivity contribution in [3.05, 3.63) is 90.5 Å². The van der Waals surface area contributed by atoms with Crippen molar-refractivity contribution in [1.29, 1.82) is 0 Å². The SMILES string of the molecule is C[C@@H](O[Si](C)(C)C)[C@H]1C(=O)N2C(C(=O)OCc3ccc([N+](=O)[O-])cc3)=C(SCCNC(=O)OCc3ccc([N+](=O)[O-])cc3)C[C@H]12. The second-order valence-electron chi connectivity index (χ2n) is 11.5. The Bertz CT molecular complexity index is 1490. The lowest BCUT2D eigenvalue weighted by Gasteiger charge is -2.47. The van der Waals surface area contributed by atoms with Gasteiger partial charge in [0.15, 0.2) is 8.32 Å². The smallest absolute Gasteiger partial charge is 0.407 e. The van der Waals surface area contributed by atoms with E-state index in [2.05, 4.69) is 5.32 Å². The molecule has 0 spiro atoms. The number of hydrogen-bond donors (Lipinski definition) is 1. The molecule has 240 valence electrons. The summed E-state index contributed by atoms with van der Waals surface area (Å²) in [4.78, 5) is 61.6. The number of hydrogen-bond acceptors (Lipinski definition) is 11. The van der Waals surface area contributed by atoms with Gasteiger partial charge in [0.25, 0.3) is 11.4 Å². The molecule has 1 saturated heterocycles. The Morgan fingerprint density at radius 3 is 2.02 bits per heavy atom. The highest BCUT2D eigenvalue weighted by atomic mass is 32.2. The van der Waals surface area contributed by atoms with Crippen LogP contribution in [-0.2, 0) is 36.7 Å². The number of benzene rings is 2. The van der Waals surface area contributed by atoms with E-state index in [1.54, 1.807) is 0 Å². The fourth-order valence-electron chi connectivity index (χ4n) is 5.14. The number of ether oxygens (including phenoxy) is 2. The number of non-ortho nitro benzene ring substituents is 2. The highest BCUT2D eigenvalue weighted by Gasteiger charge is 2.57. The number of nitrogens with zero attached hydrogens (tertiary/aromatic N) is 3. The van der Waals surface area contributed by atoms with Crippen molar-refractivity contribution in [2.45, 2.75) is 58.3 Å². The summed E-state index contributed by atoms with van der Waals surface area (Å²) in [5.41, 5.74) is 1.16. The highest BCUT2D eigenvalue weighted by molar-refractivity contribution is 8.03. The van der Waals surface area contributed by atoms with Gasteiger partial charge >= 0.3 is 12.1 Å². The zero-order valence-electron chi connectivity index (χ0n) is 25.2. The Kier molecular flexibility index (Phi) is 10.6. The minimum Gasteiger partial charge on any atom is -0.456 e. The predicted octanol–water partition coefficient (Wildman–Crippen LogP) is 4.89. The molecule has 2 amide bonds. The number of carbonyl (C=O) groups excluding carboxylic acids is 3. The lowest BCUT2D eigenvalue weighted by molar-refractivity contribution is -0.385. The van der Waals surface area contributed by atoms with Gasteiger partial charge in [0, 0.05) is 47.9 Å². The number of nitro benzene ring substituents is 2. The van der Waals surface area contributed by atoms with E-state index in [9.17, 15) is 34.6 Å². The van der Waals surface area contributed by atoms with Gasteiger partial charge < -0.3 is 24.1 Å². The number of β-lactam (4-membered cyclic amide) rings is 1. The summed E-state index contributed by atoms with van der Waals surface area (Å²) in [5, 5.41) is 24.4. The zero-order valence-corrected chi connectivity index (χ0v) is 27.0. The van der Waals surface area contributed by atoms with Gasteiger partial charge in [0.1, 0.15) is 18.9 Å². The zero-order chi connectivity index (χ0) is 32.9. The molecule has 1 N–H and O–H groups in total. The van der Waals surface area contributed by atoms with Crippen LogP contribution in [-0.4, -0.2) is 65.5 Å². The molecule has 2 aliphatic rings. The van der Waals surface area contributed by atoms with Crippen molar-refractivity contribution in [2.24, 2.45) is 5.92 Å². The topological polar surface area (TPSA) is 180 Å². The van der Waals surface area contributed by atoms with Crippen LogP contribution in [0.3, 0.4) is 0 Å². The summed E-state index contributed by atoms with van der Waals surface area (Å²) < 4.78 is 16.9. The van der Waals surface area contributed by atoms with E-state index in [-0.39, 0.29) is 54.9 Å². The van der Waals surface area contributed by atoms with E-state index in [4.69, 9.17) is 13.9 Å². The Labute approximate surface area is 264 Å². The summed E-state index contributed by atoms with van der Waals surface area (Å²) in [5.74, 6) is -0.919. The highest BCUT2D eigenvalue weighted by Crippen LogP contribution is 2.48. The molecular weight excluding hydrogens is 624 g/mol. The minimum absolute atomic E-state index is 0.0631. The fourth-order valence-corrected chi connectivity index (χ4v) is 7.46. The van der Waals surface area contributed by atoms with Gasteiger partial charge in [0.05, 0.1) is 27.9 Å². The van der Waals surface area contributed by atoms with Crippen LogP contribution in [0.15, 0.2) is 59.1 Å². The lowest BCUT2D eigenvalue weighted by atomic mass is 9.83. The van der Waals surface area contributed by atoms with Crippen LogP contribution in [0.25, 0.3) is 0 Å². The van der Waals surface area contributed by atoms with Crippen LogP contribution in [0.5, 0.6) is 0 Å². The summed E-state index contributed by atoms with van der Waals surface area (Å²) >= 11 is 1.33. The van der Waals surface area contributed by atoms with Crippen molar-refractivity contribution < 1.29 is 38.1 Å². The molecule has 4 rings (SSSR count). The summed E-state index contributed by atoms with van der Waals surface area (Å²) in [6.45, 7) is 8.02. The molecule has 2 aromatic carbocycles. The van der Waals surface area contributed by atoms with Crippen LogP contribution >= 0.6 is 11.8 Å². The number of amides is 2. The van der Waals surface area contributed by atoms with Crippen molar-refractivity contribution in [1.82, 2.24) is 10.2 Å². The van der Waals surface area contributed by atoms with Crippen molar-refractivity contribution in [3.8, 4) is 0 Å². The van der Waals surface area contributed by atoms with Gasteiger partial charge in [-0.25, -0.2) is 9.59 Å². The molecular formula is C29H34N4O10SSi. The van der Waals surface area contributed by atoms with Gasteiger partial charge in [-0.05, 0) is 62.0 Å². The third kappa shape index (κ3) is 8.46. The van der Waals surface area contributed by atoms with E-state index >= 15 is 0 Å². The van der Waals surface area contributed by atoms with E-state index in [0.29, 0.717) is 28.2 Å². The summed E-state index contributed by atoms with van der Waals surface area (Å²) in [6, 6.07) is 11.0. The number of thioether (sulfide) groups is 1. The third-order valence-corrected chi connectivity index (χ3v) is 9.28. The first-order chi connectivity index (χ1) is 21.2. The summed E-state index contributed by atoms with van der Waals surface area (Å²) in [6.07, 6.45) is -0.555. The molecule has 2 aliphatic heterocycles. The predicted molar refractivity (Wildman–Crippen MR) is 166 cm³/mol. The Balaban J connectivity index is 1.36. The molecule has 0 radical (unpaired) electrons. The molecule has 45 heavy (non-hydrogen) atoms. The third-order valence-electron chi connectivity index (χ3n) is 7.09. The second-order valence-corrected chi connectivity index (χ2v) is 17.1. The molecule has 1 fully saturated rings. The first-order valence-corrected chi connectivity index (χ1v) is 18.6. The van der Waals surface area contributed by atoms with Gasteiger partial charge in [-0.1, -0.05) is 0 Å². The maximum Gasteiger partial charge on any atom is 0.407 e. The largest absolute Gasteiger partial charge is 0.456 e. The Hall–Kier alpha value is -4.28. The normalized spacial score (nSPS) is 18.1. The second kappa shape index (κ2) is 14.2. The van der Waals surface area contributed by atoms with Crippen molar-refractivity contribution >= 4 is 49.4 Å². The van der Waals surface area contributed by atoms with Crippen LogP contribution in [0, 0.1) is 26.1 Å². The number of rotatable bonds is 14. The quantitative estimate of drug-likeness (QED) is 0.0729. The van der Waals surface area contributed by atoms with Crippen molar-refractivity contribution in [3.63, 3.8) is 0 Å². The van der Waals surface area contributed by atoms with E-state index in [0.717, 1.165) is 0 Å². The number of nitro groups is 2. The number of esters is 1. The number of fused-ring (bicyclic) bond motifs is 1. The van der Waals surface area contributed by atoms with E-state index in [1.807, 2.05) is 26.6 Å². The van der Waals surface area contributed by atoms with E-state index in [1.165, 1.54) is 65.2 Å². The molecule has 2 aromatic rings. The van der Waals surface area contributed by atoms with E-state index < -0.39 is 36.1 Å². The molecule has 14 nitrogen and oxygen atoms in total. The van der Waals surface area contributed by atoms with Crippen LogP contribution in [0.2, 0.25) is 19.6 Å². The Morgan fingerprint density at radius 1 is 0.978 bits per heavy atom. The standard InChI is InChI=1S/C29H34N4O10SSi/c1-18(43-45(2,3)4)25-23-15-24(44-14-13-30-29(36)42-17-20-7-11-22(12-8-20)33(39)40)26(31(23)27(25)34)28(35)41-16-19-5-9-21(10-6-19)32(37)38/h5-12,18,23,25H,13-17H2,1-4H3,(H,30,36)/t18-,23-,25-/m1/s1. The van der Waals surface area contributed by atoms with Crippen LogP contribution in [0.1, 0.15) is 24.5 Å². The first kappa shape index (κ1) is 33.6. The number of alkyl carbamates (subject to hydrolysis) is 1. The number of carbonyl (C=O) groups is 3. The Morgan fingerprint density at radius 2 is 1.51 bits per heavy atom. The minimum atomic E-state index is -1.93. The van der Waals surface area contributed by atoms with Crippen molar-refractivity contribution in [2.75, 3.05) is 12.3 Å². The first-order valence-electron chi connectivity index (χ1n) is 14.2. The summed E-state index contributed by atoms with van der Waals surface area (Å²) in [7, 11) is -1.93. The molecule has 16 heteroatoms. The molecule has 0 saturated carbocycles. The maximum absolute atomic E-state index is 13.3. The van der Waals surface area contributed by atoms with Gasteiger partial charge in [0.2, 0.25) is 5.91 Å². The monoisotopic (exact) mass is 658 g/mol. The van der Waals surface area contributed by atoms with Crippen LogP contribution < -0.4 is 5.32 Å². The van der Waals surface area contributed by atoms with Gasteiger partial charge in [-0.2, -0.15) is 0 Å². The molecule has 0 aliphatic carbocycles. The molecule has 2 heterocycles. The molecule has 3 atom stereocenters. The molecule has 0 unspecified atom stereocenters. The fraction of sp³-hybridized carbons (Fsp3) is 0.414. The number of nitrogens with one attached hydrogen (secondary N) is 1. The van der Waals surface area contributed by atoms with Gasteiger partial charge in [-0.3, -0.25) is 25.0 Å². The van der Waals surface area contributed by atoms with Gasteiger partial charge in [-0.15, -0.1) is 11.8 Å². The molecule has 0 aromatic heterocycles. The van der Waals surface area contributed by atoms with Crippen LogP contribution in [0.4, 0.5) is 16.2 Å².